The van der Waals surface area contributed by atoms with Crippen LogP contribution in [0.2, 0.25) is 0 Å². The van der Waals surface area contributed by atoms with Gasteiger partial charge in [-0.1, -0.05) is 75.6 Å². The molecule has 0 aliphatic heterocycles. The average molecular weight is 1140 g/mol. The quantitative estimate of drug-likeness (QED) is 0.0545. The van der Waals surface area contributed by atoms with Gasteiger partial charge in [0.05, 0.1) is 23.7 Å². The molecule has 2 aromatic rings. The van der Waals surface area contributed by atoms with Crippen LogP contribution in [0, 0.1) is 23.7 Å². The molecule has 0 spiro atoms. The Morgan fingerprint density at radius 3 is 1.05 bits per heavy atom. The second-order valence-corrected chi connectivity index (χ2v) is 23.2. The Morgan fingerprint density at radius 2 is 0.720 bits per heavy atom. The lowest BCUT2D eigenvalue weighted by atomic mass is 9.82. The molecule has 4 aliphatic rings. The van der Waals surface area contributed by atoms with Crippen LogP contribution in [0.4, 0.5) is 0 Å². The molecule has 2 aromatic carbocycles. The van der Waals surface area contributed by atoms with Gasteiger partial charge in [-0.25, -0.2) is 0 Å². The molecule has 22 nitrogen and oxygen atoms in total. The van der Waals surface area contributed by atoms with E-state index in [-0.39, 0.29) is 48.6 Å². The number of aromatic hydroxyl groups is 2. The fraction of sp³-hybridized carbons (Fsp3) is 0.650. The maximum absolute atomic E-state index is 14.7. The zero-order chi connectivity index (χ0) is 59.1. The maximum Gasteiger partial charge on any atom is 0.243 e. The third kappa shape index (κ3) is 19.7. The number of hydrogen-bond donors (Lipinski definition) is 13. The van der Waals surface area contributed by atoms with Crippen molar-refractivity contribution < 1.29 is 53.4 Å². The standard InChI is InChI=1S/C60H91N11O11/c1-36(72)64-45-18-6-2-14-41(45)54(76)68-49(22-10-12-32-61)58(80)66-47-20-8-5-17-44(47)57(79)71-52(35-38-26-30-40(74)31-27-38)60(82)67-48-21-9-3-15-42(48)55(77)69-50(23-11-13-33-62)59(81)65-46-19-7-4-16-43(46)56(78)70-51(53(63)75)34-37-24-28-39(73)29-25-37/h24-31,41-52,73-74H,2-23,32-35,61-62H2,1H3,(H2,63,75)(H,64,72)(H,65,81)(H,66,80)(H,67,82)(H,68,76)(H,69,77)(H,70,78)(H,71,79)/t41-,42-,43-,44-,45+,46?,47?,48?,49+,50+,51+,52+/m0/s1. The second kappa shape index (κ2) is 32.7. The fourth-order valence-electron chi connectivity index (χ4n) is 12.4. The van der Waals surface area contributed by atoms with Crippen LogP contribution in [0.25, 0.3) is 0 Å². The predicted molar refractivity (Wildman–Crippen MR) is 308 cm³/mol. The molecule has 452 valence electrons. The molecule has 0 heterocycles. The van der Waals surface area contributed by atoms with Gasteiger partial charge >= 0.3 is 0 Å². The number of nitrogens with two attached hydrogens (primary N) is 3. The van der Waals surface area contributed by atoms with E-state index in [1.165, 1.54) is 31.2 Å². The van der Waals surface area contributed by atoms with Gasteiger partial charge in [-0.3, -0.25) is 43.2 Å². The molecule has 4 fully saturated rings. The van der Waals surface area contributed by atoms with Gasteiger partial charge < -0.3 is 69.9 Å². The Hall–Kier alpha value is -6.81. The monoisotopic (exact) mass is 1140 g/mol. The summed E-state index contributed by atoms with van der Waals surface area (Å²) in [5.74, 6) is -6.61. The van der Waals surface area contributed by atoms with E-state index in [1.807, 2.05) is 0 Å². The Bertz CT molecular complexity index is 2460. The molecule has 3 unspecified atom stereocenters. The summed E-state index contributed by atoms with van der Waals surface area (Å²) in [6.07, 6.45) is 12.9. The highest BCUT2D eigenvalue weighted by molar-refractivity contribution is 5.93. The smallest absolute Gasteiger partial charge is 0.243 e. The molecule has 0 saturated heterocycles. The Morgan fingerprint density at radius 1 is 0.427 bits per heavy atom. The van der Waals surface area contributed by atoms with Crippen molar-refractivity contribution in [3.8, 4) is 11.5 Å². The van der Waals surface area contributed by atoms with E-state index in [0.29, 0.717) is 127 Å². The maximum atomic E-state index is 14.7. The number of carbonyl (C=O) groups excluding carboxylic acids is 9. The van der Waals surface area contributed by atoms with Crippen molar-refractivity contribution in [3.05, 3.63) is 59.7 Å². The van der Waals surface area contributed by atoms with Gasteiger partial charge in [0.15, 0.2) is 0 Å². The summed E-state index contributed by atoms with van der Waals surface area (Å²) in [6, 6.07) is 6.19. The van der Waals surface area contributed by atoms with Crippen molar-refractivity contribution >= 4 is 53.2 Å². The molecule has 16 N–H and O–H groups in total. The molecule has 4 aliphatic carbocycles. The second-order valence-electron chi connectivity index (χ2n) is 23.2. The van der Waals surface area contributed by atoms with Gasteiger partial charge in [0.1, 0.15) is 35.7 Å². The molecular formula is C60H91N11O11. The molecule has 9 amide bonds. The largest absolute Gasteiger partial charge is 0.508 e. The van der Waals surface area contributed by atoms with Crippen LogP contribution < -0.4 is 59.7 Å². The van der Waals surface area contributed by atoms with Crippen LogP contribution >= 0.6 is 0 Å². The summed E-state index contributed by atoms with van der Waals surface area (Å²) in [7, 11) is 0. The molecule has 0 bridgehead atoms. The lowest BCUT2D eigenvalue weighted by Gasteiger charge is -2.36. The molecular weight excluding hydrogens is 1050 g/mol. The molecule has 0 radical (unpaired) electrons. The lowest BCUT2D eigenvalue weighted by Crippen LogP contribution is -2.59. The number of carbonyl (C=O) groups is 9. The van der Waals surface area contributed by atoms with E-state index in [4.69, 9.17) is 17.2 Å². The van der Waals surface area contributed by atoms with Crippen LogP contribution in [-0.2, 0) is 56.0 Å². The SMILES string of the molecule is CC(=O)N[C@@H]1CCCC[C@@H]1C(=O)N[C@H](CCCCN)C(=O)NC1CCCC[C@@H]1C(=O)N[C@H](Cc1ccc(O)cc1)C(=O)NC1CCCC[C@@H]1C(=O)N[C@H](CCCCN)C(=O)NC1CCCC[C@@H]1C(=O)N[C@H](Cc1ccc(O)cc1)C(N)=O. The zero-order valence-corrected chi connectivity index (χ0v) is 47.7. The van der Waals surface area contributed by atoms with Crippen molar-refractivity contribution in [1.82, 2.24) is 42.5 Å². The molecule has 82 heavy (non-hydrogen) atoms. The minimum absolute atomic E-state index is 0.0186. The number of hydrogen-bond acceptors (Lipinski definition) is 13. The van der Waals surface area contributed by atoms with Gasteiger partial charge in [-0.15, -0.1) is 0 Å². The van der Waals surface area contributed by atoms with Gasteiger partial charge in [-0.05, 0) is 138 Å². The molecule has 0 aromatic heterocycles. The summed E-state index contributed by atoms with van der Waals surface area (Å²) < 4.78 is 0. The zero-order valence-electron chi connectivity index (χ0n) is 47.7. The van der Waals surface area contributed by atoms with Gasteiger partial charge in [0.2, 0.25) is 53.2 Å². The third-order valence-electron chi connectivity index (χ3n) is 17.0. The predicted octanol–water partition coefficient (Wildman–Crippen LogP) is 2.29. The number of primary amides is 1. The summed E-state index contributed by atoms with van der Waals surface area (Å²) in [4.78, 5) is 125. The topological polar surface area (TPSA) is 368 Å². The number of amides is 9. The van der Waals surface area contributed by atoms with Gasteiger partial charge in [-0.2, -0.15) is 0 Å². The van der Waals surface area contributed by atoms with E-state index in [0.717, 1.165) is 32.1 Å². The van der Waals surface area contributed by atoms with Crippen molar-refractivity contribution in [2.75, 3.05) is 13.1 Å². The van der Waals surface area contributed by atoms with E-state index in [9.17, 15) is 53.4 Å². The molecule has 12 atom stereocenters. The first-order valence-electron chi connectivity index (χ1n) is 30.1. The Balaban J connectivity index is 1.13. The summed E-state index contributed by atoms with van der Waals surface area (Å²) >= 11 is 0. The lowest BCUT2D eigenvalue weighted by molar-refractivity contribution is -0.136. The van der Waals surface area contributed by atoms with Crippen LogP contribution in [0.5, 0.6) is 11.5 Å². The normalized spacial score (nSPS) is 24.1. The fourth-order valence-corrected chi connectivity index (χ4v) is 12.4. The third-order valence-corrected chi connectivity index (χ3v) is 17.0. The summed E-state index contributed by atoms with van der Waals surface area (Å²) in [5.41, 5.74) is 18.7. The number of phenolic OH excluding ortho intramolecular Hbond substituents is 2. The van der Waals surface area contributed by atoms with Crippen molar-refractivity contribution in [1.29, 1.82) is 0 Å². The minimum Gasteiger partial charge on any atom is -0.508 e. The first-order chi connectivity index (χ1) is 39.4. The van der Waals surface area contributed by atoms with E-state index >= 15 is 0 Å². The summed E-state index contributed by atoms with van der Waals surface area (Å²) in [5, 5.41) is 43.8. The number of nitrogens with one attached hydrogen (secondary N) is 8. The highest BCUT2D eigenvalue weighted by Crippen LogP contribution is 2.30. The number of benzene rings is 2. The van der Waals surface area contributed by atoms with Gasteiger partial charge in [0.25, 0.3) is 0 Å². The molecule has 6 rings (SSSR count). The first-order valence-corrected chi connectivity index (χ1v) is 30.1. The molecule has 4 saturated carbocycles. The highest BCUT2D eigenvalue weighted by Gasteiger charge is 2.41. The van der Waals surface area contributed by atoms with Crippen LogP contribution in [-0.4, -0.2) is 125 Å². The van der Waals surface area contributed by atoms with Crippen molar-refractivity contribution in [3.63, 3.8) is 0 Å². The van der Waals surface area contributed by atoms with Crippen LogP contribution in [0.1, 0.15) is 159 Å². The van der Waals surface area contributed by atoms with Crippen molar-refractivity contribution in [2.45, 2.75) is 209 Å². The summed E-state index contributed by atoms with van der Waals surface area (Å²) in [6.45, 7) is 2.19. The number of unbranched alkanes of at least 4 members (excludes halogenated alkanes) is 2. The molecule has 22 heteroatoms. The van der Waals surface area contributed by atoms with E-state index in [1.54, 1.807) is 24.3 Å². The van der Waals surface area contributed by atoms with Crippen LogP contribution in [0.15, 0.2) is 48.5 Å². The average Bonchev–Trinajstić information content (AvgIpc) is 3.53. The minimum atomic E-state index is -1.14. The highest BCUT2D eigenvalue weighted by atomic mass is 16.3. The van der Waals surface area contributed by atoms with Crippen LogP contribution in [0.3, 0.4) is 0 Å². The van der Waals surface area contributed by atoms with E-state index in [2.05, 4.69) is 42.5 Å². The van der Waals surface area contributed by atoms with E-state index < -0.39 is 107 Å². The van der Waals surface area contributed by atoms with Gasteiger partial charge in [0, 0.05) is 43.9 Å². The Kier molecular flexibility index (Phi) is 25.7. The number of rotatable bonds is 28. The Labute approximate surface area is 481 Å². The number of phenols is 2. The first kappa shape index (κ1) is 64.4. The van der Waals surface area contributed by atoms with Crippen molar-refractivity contribution in [2.24, 2.45) is 40.9 Å².